The number of aromatic amines is 1. The van der Waals surface area contributed by atoms with Crippen molar-refractivity contribution in [3.63, 3.8) is 0 Å². The van der Waals surface area contributed by atoms with Crippen LogP contribution in [0.25, 0.3) is 10.9 Å². The van der Waals surface area contributed by atoms with E-state index in [4.69, 9.17) is 0 Å². The molecule has 0 spiro atoms. The van der Waals surface area contributed by atoms with Crippen LogP contribution < -0.4 is 0 Å². The van der Waals surface area contributed by atoms with Crippen LogP contribution in [0.1, 0.15) is 5.69 Å². The van der Waals surface area contributed by atoms with E-state index >= 15 is 0 Å². The Morgan fingerprint density at radius 3 is 2.79 bits per heavy atom. The number of rotatable bonds is 1. The number of hydrogen-bond donors (Lipinski definition) is 1. The second kappa shape index (κ2) is 3.09. The minimum atomic E-state index is -0.386. The van der Waals surface area contributed by atoms with Gasteiger partial charge in [-0.2, -0.15) is 0 Å². The summed E-state index contributed by atoms with van der Waals surface area (Å²) in [5.41, 5.74) is 1.60. The van der Waals surface area contributed by atoms with E-state index in [-0.39, 0.29) is 10.6 Å². The van der Waals surface area contributed by atoms with Gasteiger partial charge in [0.25, 0.3) is 5.69 Å². The van der Waals surface area contributed by atoms with Gasteiger partial charge in [0.15, 0.2) is 0 Å². The van der Waals surface area contributed by atoms with Crippen LogP contribution in [-0.2, 0) is 0 Å². The number of hydrogen-bond acceptors (Lipinski definition) is 2. The first-order chi connectivity index (χ1) is 6.58. The molecule has 0 aliphatic rings. The minimum Gasteiger partial charge on any atom is -0.353 e. The summed E-state index contributed by atoms with van der Waals surface area (Å²) in [6.07, 6.45) is 0. The smallest absolute Gasteiger partial charge is 0.294 e. The van der Waals surface area contributed by atoms with E-state index in [0.29, 0.717) is 5.52 Å². The summed E-state index contributed by atoms with van der Waals surface area (Å²) in [6.45, 7) is 1.87. The number of fused-ring (bicyclic) bond motifs is 1. The van der Waals surface area contributed by atoms with Crippen molar-refractivity contribution in [1.82, 2.24) is 4.98 Å². The number of H-pyrrole nitrogens is 1. The van der Waals surface area contributed by atoms with Crippen LogP contribution in [0.3, 0.4) is 0 Å². The fraction of sp³-hybridized carbons (Fsp3) is 0.111. The molecule has 1 N–H and O–H groups in total. The highest BCUT2D eigenvalue weighted by molar-refractivity contribution is 9.10. The predicted octanol–water partition coefficient (Wildman–Crippen LogP) is 3.15. The second-order valence-electron chi connectivity index (χ2n) is 3.10. The summed E-state index contributed by atoms with van der Waals surface area (Å²) >= 11 is 3.24. The van der Waals surface area contributed by atoms with E-state index in [1.165, 1.54) is 6.07 Å². The van der Waals surface area contributed by atoms with E-state index in [1.54, 1.807) is 0 Å². The molecule has 0 aliphatic heterocycles. The fourth-order valence-electron chi connectivity index (χ4n) is 1.47. The highest BCUT2D eigenvalue weighted by Gasteiger charge is 2.14. The number of non-ortho nitro benzene ring substituents is 1. The molecule has 0 aliphatic carbocycles. The lowest BCUT2D eigenvalue weighted by molar-refractivity contribution is -0.383. The zero-order valence-electron chi connectivity index (χ0n) is 7.37. The normalized spacial score (nSPS) is 10.7. The maximum atomic E-state index is 10.7. The first-order valence-corrected chi connectivity index (χ1v) is 4.80. The van der Waals surface area contributed by atoms with Crippen molar-refractivity contribution in [3.8, 4) is 0 Å². The molecule has 1 heterocycles. The summed E-state index contributed by atoms with van der Waals surface area (Å²) in [4.78, 5) is 13.3. The van der Waals surface area contributed by atoms with Crippen LogP contribution in [0.15, 0.2) is 22.7 Å². The van der Waals surface area contributed by atoms with Gasteiger partial charge < -0.3 is 4.98 Å². The standard InChI is InChI=1S/C9H7BrN2O2/c1-5-2-6-3-7(10)4-8(12(13)14)9(6)11-5/h2-4,11H,1H3. The Bertz CT molecular complexity index is 519. The van der Waals surface area contributed by atoms with Gasteiger partial charge in [0.05, 0.1) is 4.92 Å². The van der Waals surface area contributed by atoms with Crippen LogP contribution in [-0.4, -0.2) is 9.91 Å². The maximum absolute atomic E-state index is 10.7. The topological polar surface area (TPSA) is 58.9 Å². The van der Waals surface area contributed by atoms with Crippen molar-refractivity contribution < 1.29 is 4.92 Å². The molecule has 0 atom stereocenters. The molecule has 5 heteroatoms. The SMILES string of the molecule is Cc1cc2cc(Br)cc([N+](=O)[O-])c2[nH]1. The van der Waals surface area contributed by atoms with Gasteiger partial charge in [-0.15, -0.1) is 0 Å². The third-order valence-corrected chi connectivity index (χ3v) is 2.46. The van der Waals surface area contributed by atoms with Crippen LogP contribution in [0.2, 0.25) is 0 Å². The lowest BCUT2D eigenvalue weighted by atomic mass is 10.2. The molecule has 0 fully saturated rings. The van der Waals surface area contributed by atoms with Gasteiger partial charge >= 0.3 is 0 Å². The number of benzene rings is 1. The van der Waals surface area contributed by atoms with Crippen molar-refractivity contribution in [1.29, 1.82) is 0 Å². The van der Waals surface area contributed by atoms with E-state index in [1.807, 2.05) is 19.1 Å². The summed E-state index contributed by atoms with van der Waals surface area (Å²) in [6, 6.07) is 5.23. The van der Waals surface area contributed by atoms with Crippen LogP contribution in [0.4, 0.5) is 5.69 Å². The van der Waals surface area contributed by atoms with Crippen molar-refractivity contribution in [2.75, 3.05) is 0 Å². The Morgan fingerprint density at radius 1 is 1.43 bits per heavy atom. The van der Waals surface area contributed by atoms with Crippen LogP contribution >= 0.6 is 15.9 Å². The summed E-state index contributed by atoms with van der Waals surface area (Å²) < 4.78 is 0.718. The molecule has 4 nitrogen and oxygen atoms in total. The average Bonchev–Trinajstić information content (AvgIpc) is 2.42. The molecule has 72 valence electrons. The lowest BCUT2D eigenvalue weighted by Gasteiger charge is -1.95. The van der Waals surface area contributed by atoms with Gasteiger partial charge in [-0.3, -0.25) is 10.1 Å². The Balaban J connectivity index is 2.85. The summed E-state index contributed by atoms with van der Waals surface area (Å²) in [5.74, 6) is 0. The van der Waals surface area contributed by atoms with Crippen LogP contribution in [0, 0.1) is 17.0 Å². The van der Waals surface area contributed by atoms with Crippen molar-refractivity contribution in [2.45, 2.75) is 6.92 Å². The van der Waals surface area contributed by atoms with E-state index < -0.39 is 0 Å². The van der Waals surface area contributed by atoms with Crippen LogP contribution in [0.5, 0.6) is 0 Å². The van der Waals surface area contributed by atoms with Crippen molar-refractivity contribution in [3.05, 3.63) is 38.5 Å². The molecule has 0 saturated carbocycles. The largest absolute Gasteiger partial charge is 0.353 e. The van der Waals surface area contributed by atoms with Gasteiger partial charge in [0, 0.05) is 21.6 Å². The Morgan fingerprint density at radius 2 is 2.14 bits per heavy atom. The molecule has 0 radical (unpaired) electrons. The first-order valence-electron chi connectivity index (χ1n) is 4.01. The molecular formula is C9H7BrN2O2. The average molecular weight is 255 g/mol. The number of nitrogens with zero attached hydrogens (tertiary/aromatic N) is 1. The molecule has 0 saturated heterocycles. The quantitative estimate of drug-likeness (QED) is 0.628. The first kappa shape index (κ1) is 9.21. The Kier molecular flexibility index (Phi) is 2.03. The number of aromatic nitrogens is 1. The van der Waals surface area contributed by atoms with Gasteiger partial charge in [0.1, 0.15) is 5.52 Å². The number of nitro benzene ring substituents is 1. The zero-order chi connectivity index (χ0) is 10.3. The van der Waals surface area contributed by atoms with Crippen molar-refractivity contribution >= 4 is 32.5 Å². The summed E-state index contributed by atoms with van der Waals surface area (Å²) in [5, 5.41) is 11.6. The maximum Gasteiger partial charge on any atom is 0.294 e. The fourth-order valence-corrected chi connectivity index (χ4v) is 1.94. The molecule has 1 aromatic carbocycles. The summed E-state index contributed by atoms with van der Waals surface area (Å²) in [7, 11) is 0. The molecule has 2 rings (SSSR count). The lowest BCUT2D eigenvalue weighted by Crippen LogP contribution is -1.89. The highest BCUT2D eigenvalue weighted by Crippen LogP contribution is 2.29. The second-order valence-corrected chi connectivity index (χ2v) is 4.01. The molecule has 2 aromatic rings. The Labute approximate surface area is 88.2 Å². The minimum absolute atomic E-state index is 0.0995. The Hall–Kier alpha value is -1.36. The molecule has 1 aromatic heterocycles. The molecule has 0 amide bonds. The van der Waals surface area contributed by atoms with E-state index in [0.717, 1.165) is 15.6 Å². The van der Waals surface area contributed by atoms with E-state index in [9.17, 15) is 10.1 Å². The number of nitro groups is 1. The molecule has 0 unspecified atom stereocenters. The third kappa shape index (κ3) is 1.39. The van der Waals surface area contributed by atoms with Gasteiger partial charge in [-0.05, 0) is 19.1 Å². The molecular weight excluding hydrogens is 248 g/mol. The highest BCUT2D eigenvalue weighted by atomic mass is 79.9. The van der Waals surface area contributed by atoms with Gasteiger partial charge in [-0.1, -0.05) is 15.9 Å². The zero-order valence-corrected chi connectivity index (χ0v) is 8.96. The third-order valence-electron chi connectivity index (χ3n) is 2.00. The van der Waals surface area contributed by atoms with Gasteiger partial charge in [-0.25, -0.2) is 0 Å². The van der Waals surface area contributed by atoms with E-state index in [2.05, 4.69) is 20.9 Å². The molecule has 14 heavy (non-hydrogen) atoms. The number of aryl methyl sites for hydroxylation is 1. The number of nitrogens with one attached hydrogen (secondary N) is 1. The monoisotopic (exact) mass is 254 g/mol. The van der Waals surface area contributed by atoms with Gasteiger partial charge in [0.2, 0.25) is 0 Å². The molecule has 0 bridgehead atoms. The van der Waals surface area contributed by atoms with Crippen molar-refractivity contribution in [2.24, 2.45) is 0 Å². The number of halogens is 1. The predicted molar refractivity (Wildman–Crippen MR) is 57.4 cm³/mol.